The van der Waals surface area contributed by atoms with Gasteiger partial charge < -0.3 is 14.8 Å². The van der Waals surface area contributed by atoms with Crippen LogP contribution in [-0.4, -0.2) is 32.9 Å². The van der Waals surface area contributed by atoms with E-state index in [4.69, 9.17) is 16.9 Å². The number of benzene rings is 2. The van der Waals surface area contributed by atoms with E-state index in [1.807, 2.05) is 59.6 Å². The minimum atomic E-state index is -0.224. The molecule has 1 aromatic heterocycles. The number of hydrogen-bond acceptors (Lipinski definition) is 4. The van der Waals surface area contributed by atoms with Gasteiger partial charge in [0, 0.05) is 37.4 Å². The van der Waals surface area contributed by atoms with Gasteiger partial charge in [-0.2, -0.15) is 5.26 Å². The maximum absolute atomic E-state index is 13.2. The van der Waals surface area contributed by atoms with E-state index in [0.29, 0.717) is 30.2 Å². The smallest absolute Gasteiger partial charge is 0.240 e. The molecule has 2 heterocycles. The number of rotatable bonds is 7. The molecular formula is C25H26ClN5O. The molecular weight excluding hydrogens is 422 g/mol. The van der Waals surface area contributed by atoms with Crippen molar-refractivity contribution in [2.75, 3.05) is 6.54 Å². The molecule has 0 bridgehead atoms. The molecule has 3 aromatic rings. The van der Waals surface area contributed by atoms with Crippen molar-refractivity contribution in [1.82, 2.24) is 19.8 Å². The Labute approximate surface area is 193 Å². The molecule has 1 aliphatic rings. The molecule has 0 aliphatic carbocycles. The maximum atomic E-state index is 13.2. The number of carbonyl (C=O) groups excluding carboxylic acids is 1. The lowest BCUT2D eigenvalue weighted by molar-refractivity contribution is -0.133. The lowest BCUT2D eigenvalue weighted by Gasteiger charge is -2.25. The molecule has 7 heteroatoms. The SMILES string of the molecule is N#Cc1ccc(Cn2cncc2CN[C@H]2CCCCN(Cc3ccccc3Cl)C2=O)cc1. The number of carbonyl (C=O) groups is 1. The standard InChI is InChI=1S/C25H26ClN5O/c26-23-6-2-1-5-21(23)17-30-12-4-3-7-24(25(30)32)29-15-22-14-28-18-31(22)16-20-10-8-19(13-27)9-11-20/h1-2,5-6,8-11,14,18,24,29H,3-4,7,12,15-17H2/t24-/m0/s1. The number of likely N-dealkylation sites (tertiary alicyclic amines) is 1. The van der Waals surface area contributed by atoms with Crippen molar-refractivity contribution >= 4 is 17.5 Å². The monoisotopic (exact) mass is 447 g/mol. The highest BCUT2D eigenvalue weighted by Crippen LogP contribution is 2.20. The molecule has 1 N–H and O–H groups in total. The lowest BCUT2D eigenvalue weighted by Crippen LogP contribution is -2.44. The largest absolute Gasteiger partial charge is 0.337 e. The Balaban J connectivity index is 1.39. The number of nitrogens with zero attached hydrogens (tertiary/aromatic N) is 4. The second-order valence-electron chi connectivity index (χ2n) is 8.10. The molecule has 2 aromatic carbocycles. The van der Waals surface area contributed by atoms with Crippen LogP contribution in [0.1, 0.15) is 41.6 Å². The molecule has 164 valence electrons. The number of amides is 1. The minimum absolute atomic E-state index is 0.126. The van der Waals surface area contributed by atoms with Gasteiger partial charge in [0.2, 0.25) is 5.91 Å². The van der Waals surface area contributed by atoms with Gasteiger partial charge in [-0.15, -0.1) is 0 Å². The van der Waals surface area contributed by atoms with Crippen molar-refractivity contribution < 1.29 is 4.79 Å². The summed E-state index contributed by atoms with van der Waals surface area (Å²) < 4.78 is 2.07. The van der Waals surface area contributed by atoms with Crippen LogP contribution in [0, 0.1) is 11.3 Å². The Hall–Kier alpha value is -3.14. The topological polar surface area (TPSA) is 74.0 Å². The van der Waals surface area contributed by atoms with Gasteiger partial charge in [-0.05, 0) is 48.6 Å². The molecule has 0 radical (unpaired) electrons. The van der Waals surface area contributed by atoms with Crippen molar-refractivity contribution in [2.45, 2.75) is 44.9 Å². The summed E-state index contributed by atoms with van der Waals surface area (Å²) in [5, 5.41) is 13.1. The van der Waals surface area contributed by atoms with Crippen molar-refractivity contribution in [2.24, 2.45) is 0 Å². The fraction of sp³-hybridized carbons (Fsp3) is 0.320. The molecule has 1 atom stereocenters. The molecule has 1 aliphatic heterocycles. The number of aromatic nitrogens is 2. The number of imidazole rings is 1. The first-order valence-corrected chi connectivity index (χ1v) is 11.3. The van der Waals surface area contributed by atoms with Gasteiger partial charge in [0.25, 0.3) is 0 Å². The van der Waals surface area contributed by atoms with E-state index >= 15 is 0 Å². The van der Waals surface area contributed by atoms with Crippen LogP contribution in [0.4, 0.5) is 0 Å². The summed E-state index contributed by atoms with van der Waals surface area (Å²) in [6.45, 7) is 2.51. The summed E-state index contributed by atoms with van der Waals surface area (Å²) in [6.07, 6.45) is 6.45. The predicted octanol–water partition coefficient (Wildman–Crippen LogP) is 4.13. The molecule has 1 fully saturated rings. The molecule has 1 saturated heterocycles. The molecule has 6 nitrogen and oxygen atoms in total. The average Bonchev–Trinajstić information content (AvgIpc) is 3.18. The van der Waals surface area contributed by atoms with Crippen molar-refractivity contribution in [3.8, 4) is 6.07 Å². The van der Waals surface area contributed by atoms with Gasteiger partial charge in [0.05, 0.1) is 29.7 Å². The predicted molar refractivity (Wildman–Crippen MR) is 124 cm³/mol. The zero-order valence-corrected chi connectivity index (χ0v) is 18.6. The van der Waals surface area contributed by atoms with Crippen LogP contribution in [0.15, 0.2) is 61.1 Å². The third-order valence-electron chi connectivity index (χ3n) is 5.86. The van der Waals surface area contributed by atoms with E-state index in [1.165, 1.54) is 0 Å². The van der Waals surface area contributed by atoms with Gasteiger partial charge in [-0.3, -0.25) is 4.79 Å². The van der Waals surface area contributed by atoms with Gasteiger partial charge >= 0.3 is 0 Å². The van der Waals surface area contributed by atoms with Crippen molar-refractivity contribution in [3.05, 3.63) is 88.5 Å². The van der Waals surface area contributed by atoms with E-state index in [-0.39, 0.29) is 11.9 Å². The Morgan fingerprint density at radius 3 is 2.72 bits per heavy atom. The van der Waals surface area contributed by atoms with Crippen molar-refractivity contribution in [1.29, 1.82) is 5.26 Å². The highest BCUT2D eigenvalue weighted by Gasteiger charge is 2.27. The van der Waals surface area contributed by atoms with E-state index < -0.39 is 0 Å². The van der Waals surface area contributed by atoms with Crippen LogP contribution in [0.2, 0.25) is 5.02 Å². The van der Waals surface area contributed by atoms with Crippen LogP contribution in [0.25, 0.3) is 0 Å². The summed E-state index contributed by atoms with van der Waals surface area (Å²) in [4.78, 5) is 19.4. The first kappa shape index (κ1) is 22.1. The molecule has 4 rings (SSSR count). The highest BCUT2D eigenvalue weighted by molar-refractivity contribution is 6.31. The van der Waals surface area contributed by atoms with E-state index in [1.54, 1.807) is 6.33 Å². The molecule has 0 saturated carbocycles. The first-order valence-electron chi connectivity index (χ1n) is 10.9. The van der Waals surface area contributed by atoms with Crippen molar-refractivity contribution in [3.63, 3.8) is 0 Å². The van der Waals surface area contributed by atoms with E-state index in [0.717, 1.165) is 42.6 Å². The third kappa shape index (κ3) is 5.37. The van der Waals surface area contributed by atoms with Gasteiger partial charge in [0.15, 0.2) is 0 Å². The third-order valence-corrected chi connectivity index (χ3v) is 6.23. The average molecular weight is 448 g/mol. The normalized spacial score (nSPS) is 16.6. The molecule has 32 heavy (non-hydrogen) atoms. The van der Waals surface area contributed by atoms with Gasteiger partial charge in [0.1, 0.15) is 0 Å². The molecule has 0 unspecified atom stereocenters. The van der Waals surface area contributed by atoms with Gasteiger partial charge in [-0.25, -0.2) is 4.98 Å². The minimum Gasteiger partial charge on any atom is -0.337 e. The summed E-state index contributed by atoms with van der Waals surface area (Å²) in [6, 6.07) is 17.2. The van der Waals surface area contributed by atoms with E-state index in [9.17, 15) is 4.79 Å². The zero-order chi connectivity index (χ0) is 22.3. The van der Waals surface area contributed by atoms with Crippen LogP contribution in [0.3, 0.4) is 0 Å². The Kier molecular flexibility index (Phi) is 7.21. The van der Waals surface area contributed by atoms with E-state index in [2.05, 4.69) is 20.9 Å². The Morgan fingerprint density at radius 2 is 1.94 bits per heavy atom. The zero-order valence-electron chi connectivity index (χ0n) is 17.9. The first-order chi connectivity index (χ1) is 15.6. The van der Waals surface area contributed by atoms with Crippen LogP contribution in [-0.2, 0) is 24.4 Å². The summed E-state index contributed by atoms with van der Waals surface area (Å²) >= 11 is 6.32. The number of hydrogen-bond donors (Lipinski definition) is 1. The van der Waals surface area contributed by atoms with Crippen LogP contribution in [0.5, 0.6) is 0 Å². The Morgan fingerprint density at radius 1 is 1.12 bits per heavy atom. The fourth-order valence-corrected chi connectivity index (χ4v) is 4.23. The second-order valence-corrected chi connectivity index (χ2v) is 8.51. The lowest BCUT2D eigenvalue weighted by atomic mass is 10.1. The summed E-state index contributed by atoms with van der Waals surface area (Å²) in [5.41, 5.74) is 3.74. The second kappa shape index (κ2) is 10.4. The van der Waals surface area contributed by atoms with Crippen LogP contribution < -0.4 is 5.32 Å². The quantitative estimate of drug-likeness (QED) is 0.591. The molecule has 1 amide bonds. The Bertz CT molecular complexity index is 1100. The van der Waals surface area contributed by atoms with Crippen LogP contribution >= 0.6 is 11.6 Å². The summed E-state index contributed by atoms with van der Waals surface area (Å²) in [5.74, 6) is 0.126. The number of nitrogens with one attached hydrogen (secondary N) is 1. The number of nitriles is 1. The summed E-state index contributed by atoms with van der Waals surface area (Å²) in [7, 11) is 0. The highest BCUT2D eigenvalue weighted by atomic mass is 35.5. The number of halogens is 1. The van der Waals surface area contributed by atoms with Gasteiger partial charge in [-0.1, -0.05) is 41.9 Å². The fourth-order valence-electron chi connectivity index (χ4n) is 4.03. The maximum Gasteiger partial charge on any atom is 0.240 e. The molecule has 0 spiro atoms.